The largest absolute Gasteiger partial charge is 0.339 e. The molecule has 1 atom stereocenters. The number of hydrogen-bond donors (Lipinski definition) is 1. The molecule has 1 unspecified atom stereocenters. The maximum atomic E-state index is 12.2. The molecule has 2 N–H and O–H groups in total. The highest BCUT2D eigenvalue weighted by Crippen LogP contribution is 2.24. The van der Waals surface area contributed by atoms with E-state index in [9.17, 15) is 4.79 Å². The fourth-order valence-electron chi connectivity index (χ4n) is 2.63. The van der Waals surface area contributed by atoms with E-state index in [4.69, 9.17) is 5.73 Å². The summed E-state index contributed by atoms with van der Waals surface area (Å²) >= 11 is 0. The maximum absolute atomic E-state index is 12.2. The first kappa shape index (κ1) is 13.5. The highest BCUT2D eigenvalue weighted by atomic mass is 16.2. The van der Waals surface area contributed by atoms with Gasteiger partial charge in [-0.2, -0.15) is 0 Å². The molecular weight excluding hydrogens is 200 g/mol. The van der Waals surface area contributed by atoms with Crippen molar-refractivity contribution in [1.82, 2.24) is 4.90 Å². The van der Waals surface area contributed by atoms with E-state index in [1.807, 2.05) is 4.90 Å². The number of nitrogens with two attached hydrogens (primary N) is 1. The van der Waals surface area contributed by atoms with Crippen LogP contribution in [0.5, 0.6) is 0 Å². The van der Waals surface area contributed by atoms with Gasteiger partial charge in [-0.3, -0.25) is 4.79 Å². The first-order valence-corrected chi connectivity index (χ1v) is 6.62. The first-order chi connectivity index (χ1) is 7.56. The van der Waals surface area contributed by atoms with Gasteiger partial charge in [0.25, 0.3) is 0 Å². The molecule has 0 radical (unpaired) electrons. The SMILES string of the molecule is CCN(C(=O)C(N)CC(C)C)C1CCCC1. The Bertz CT molecular complexity index is 222. The Morgan fingerprint density at radius 3 is 2.38 bits per heavy atom. The Balaban J connectivity index is 2.54. The van der Waals surface area contributed by atoms with Gasteiger partial charge in [0.15, 0.2) is 0 Å². The Morgan fingerprint density at radius 1 is 1.38 bits per heavy atom. The summed E-state index contributed by atoms with van der Waals surface area (Å²) in [5.74, 6) is 0.643. The van der Waals surface area contributed by atoms with Crippen LogP contribution < -0.4 is 5.73 Å². The van der Waals surface area contributed by atoms with Gasteiger partial charge in [-0.15, -0.1) is 0 Å². The van der Waals surface area contributed by atoms with Gasteiger partial charge < -0.3 is 10.6 Å². The molecule has 0 aliphatic heterocycles. The van der Waals surface area contributed by atoms with Crippen molar-refractivity contribution in [3.8, 4) is 0 Å². The first-order valence-electron chi connectivity index (χ1n) is 6.62. The molecular formula is C13H26N2O. The molecule has 0 saturated heterocycles. The quantitative estimate of drug-likeness (QED) is 0.780. The number of amides is 1. The van der Waals surface area contributed by atoms with Crippen molar-refractivity contribution < 1.29 is 4.79 Å². The summed E-state index contributed by atoms with van der Waals surface area (Å²) in [5.41, 5.74) is 5.97. The Labute approximate surface area is 99.4 Å². The van der Waals surface area contributed by atoms with Crippen LogP contribution >= 0.6 is 0 Å². The molecule has 0 aromatic carbocycles. The van der Waals surface area contributed by atoms with Crippen LogP contribution in [0.1, 0.15) is 52.9 Å². The molecule has 0 bridgehead atoms. The van der Waals surface area contributed by atoms with E-state index < -0.39 is 0 Å². The second-order valence-corrected chi connectivity index (χ2v) is 5.30. The van der Waals surface area contributed by atoms with E-state index in [0.29, 0.717) is 12.0 Å². The molecule has 3 nitrogen and oxygen atoms in total. The highest BCUT2D eigenvalue weighted by Gasteiger charge is 2.28. The third kappa shape index (κ3) is 3.48. The second-order valence-electron chi connectivity index (χ2n) is 5.30. The van der Waals surface area contributed by atoms with Gasteiger partial charge in [-0.05, 0) is 32.1 Å². The number of likely N-dealkylation sites (N-methyl/N-ethyl adjacent to an activating group) is 1. The summed E-state index contributed by atoms with van der Waals surface area (Å²) in [6.45, 7) is 7.07. The van der Waals surface area contributed by atoms with E-state index in [1.165, 1.54) is 12.8 Å². The Kier molecular flexibility index (Phi) is 5.26. The van der Waals surface area contributed by atoms with E-state index in [1.54, 1.807) is 0 Å². The lowest BCUT2D eigenvalue weighted by atomic mass is 10.0. The van der Waals surface area contributed by atoms with Crippen molar-refractivity contribution >= 4 is 5.91 Å². The molecule has 1 fully saturated rings. The molecule has 94 valence electrons. The van der Waals surface area contributed by atoms with Gasteiger partial charge in [-0.25, -0.2) is 0 Å². The predicted molar refractivity (Wildman–Crippen MR) is 67.1 cm³/mol. The van der Waals surface area contributed by atoms with Crippen molar-refractivity contribution in [1.29, 1.82) is 0 Å². The van der Waals surface area contributed by atoms with Crippen molar-refractivity contribution in [3.63, 3.8) is 0 Å². The van der Waals surface area contributed by atoms with Gasteiger partial charge in [0, 0.05) is 12.6 Å². The third-order valence-electron chi connectivity index (χ3n) is 3.43. The predicted octanol–water partition coefficient (Wildman–Crippen LogP) is 2.15. The van der Waals surface area contributed by atoms with Crippen LogP contribution in [0.25, 0.3) is 0 Å². The summed E-state index contributed by atoms with van der Waals surface area (Å²) in [6, 6.07) is 0.149. The summed E-state index contributed by atoms with van der Waals surface area (Å²) < 4.78 is 0. The fourth-order valence-corrected chi connectivity index (χ4v) is 2.63. The molecule has 3 heteroatoms. The minimum atomic E-state index is -0.305. The van der Waals surface area contributed by atoms with Crippen LogP contribution in [0.4, 0.5) is 0 Å². The lowest BCUT2D eigenvalue weighted by molar-refractivity contribution is -0.135. The third-order valence-corrected chi connectivity index (χ3v) is 3.43. The normalized spacial score (nSPS) is 19.1. The van der Waals surface area contributed by atoms with Crippen LogP contribution in [0.2, 0.25) is 0 Å². The number of rotatable bonds is 5. The molecule has 0 aromatic heterocycles. The highest BCUT2D eigenvalue weighted by molar-refractivity contribution is 5.82. The summed E-state index contributed by atoms with van der Waals surface area (Å²) in [7, 11) is 0. The molecule has 1 aliphatic rings. The molecule has 0 heterocycles. The van der Waals surface area contributed by atoms with Crippen LogP contribution in [0.15, 0.2) is 0 Å². The van der Waals surface area contributed by atoms with Crippen molar-refractivity contribution in [2.75, 3.05) is 6.54 Å². The fraction of sp³-hybridized carbons (Fsp3) is 0.923. The molecule has 1 saturated carbocycles. The Hall–Kier alpha value is -0.570. The minimum absolute atomic E-state index is 0.156. The zero-order chi connectivity index (χ0) is 12.1. The molecule has 0 aromatic rings. The van der Waals surface area contributed by atoms with Crippen LogP contribution in [0.3, 0.4) is 0 Å². The van der Waals surface area contributed by atoms with Crippen molar-refractivity contribution in [3.05, 3.63) is 0 Å². The van der Waals surface area contributed by atoms with Crippen LogP contribution in [0, 0.1) is 5.92 Å². The van der Waals surface area contributed by atoms with Crippen LogP contribution in [-0.4, -0.2) is 29.4 Å². The van der Waals surface area contributed by atoms with Gasteiger partial charge in [-0.1, -0.05) is 26.7 Å². The van der Waals surface area contributed by atoms with Crippen molar-refractivity contribution in [2.45, 2.75) is 65.0 Å². The second kappa shape index (κ2) is 6.24. The lowest BCUT2D eigenvalue weighted by Crippen LogP contribution is -2.48. The average molecular weight is 226 g/mol. The Morgan fingerprint density at radius 2 is 1.94 bits per heavy atom. The topological polar surface area (TPSA) is 46.3 Å². The van der Waals surface area contributed by atoms with Crippen molar-refractivity contribution in [2.24, 2.45) is 11.7 Å². The zero-order valence-electron chi connectivity index (χ0n) is 10.9. The molecule has 1 aliphatic carbocycles. The summed E-state index contributed by atoms with van der Waals surface area (Å²) in [4.78, 5) is 14.2. The van der Waals surface area contributed by atoms with Gasteiger partial charge in [0.1, 0.15) is 0 Å². The molecule has 0 spiro atoms. The lowest BCUT2D eigenvalue weighted by Gasteiger charge is -2.30. The molecule has 16 heavy (non-hydrogen) atoms. The summed E-state index contributed by atoms with van der Waals surface area (Å²) in [5, 5.41) is 0. The number of hydrogen-bond acceptors (Lipinski definition) is 2. The van der Waals surface area contributed by atoms with Crippen LogP contribution in [-0.2, 0) is 4.79 Å². The maximum Gasteiger partial charge on any atom is 0.239 e. The number of carbonyl (C=O) groups excluding carboxylic acids is 1. The van der Waals surface area contributed by atoms with Gasteiger partial charge >= 0.3 is 0 Å². The van der Waals surface area contributed by atoms with E-state index in [0.717, 1.165) is 25.8 Å². The van der Waals surface area contributed by atoms with E-state index in [2.05, 4.69) is 20.8 Å². The minimum Gasteiger partial charge on any atom is -0.339 e. The van der Waals surface area contributed by atoms with Gasteiger partial charge in [0.2, 0.25) is 5.91 Å². The standard InChI is InChI=1S/C13H26N2O/c1-4-15(11-7-5-6-8-11)13(16)12(14)9-10(2)3/h10-12H,4-9,14H2,1-3H3. The number of carbonyl (C=O) groups is 1. The zero-order valence-corrected chi connectivity index (χ0v) is 10.9. The molecule has 1 rings (SSSR count). The summed E-state index contributed by atoms with van der Waals surface area (Å²) in [6.07, 6.45) is 5.63. The van der Waals surface area contributed by atoms with E-state index in [-0.39, 0.29) is 11.9 Å². The monoisotopic (exact) mass is 226 g/mol. The number of nitrogens with zero attached hydrogens (tertiary/aromatic N) is 1. The molecule has 1 amide bonds. The van der Waals surface area contributed by atoms with E-state index >= 15 is 0 Å². The average Bonchev–Trinajstić information content (AvgIpc) is 2.71. The van der Waals surface area contributed by atoms with Gasteiger partial charge in [0.05, 0.1) is 6.04 Å². The smallest absolute Gasteiger partial charge is 0.239 e.